The zero-order chi connectivity index (χ0) is 15.1. The van der Waals surface area contributed by atoms with Crippen molar-refractivity contribution in [3.8, 4) is 0 Å². The molecule has 2 saturated heterocycles. The molecule has 0 saturated carbocycles. The minimum atomic E-state index is -0.318. The van der Waals surface area contributed by atoms with E-state index in [0.29, 0.717) is 5.92 Å². The second kappa shape index (κ2) is 5.38. The second-order valence-electron chi connectivity index (χ2n) is 7.15. The van der Waals surface area contributed by atoms with Crippen LogP contribution in [0.4, 0.5) is 0 Å². The average molecular weight is 288 g/mol. The monoisotopic (exact) mass is 288 g/mol. The van der Waals surface area contributed by atoms with Crippen LogP contribution in [0, 0.1) is 0 Å². The molecule has 21 heavy (non-hydrogen) atoms. The summed E-state index contributed by atoms with van der Waals surface area (Å²) in [4.78, 5) is 4.64. The molecule has 0 spiro atoms. The highest BCUT2D eigenvalue weighted by Crippen LogP contribution is 2.36. The quantitative estimate of drug-likeness (QED) is 0.843. The standard InChI is InChI=1S/C16H25BN2O2/c1-15(2)16(3,4)21-17(20-15)13-7-8-14(19-11-13)12-6-5-9-18-10-12/h7-8,11-12,18H,5-6,9-10H2,1-4H3. The molecule has 5 heteroatoms. The van der Waals surface area contributed by atoms with Gasteiger partial charge in [0.15, 0.2) is 0 Å². The van der Waals surface area contributed by atoms with Crippen molar-refractivity contribution < 1.29 is 9.31 Å². The van der Waals surface area contributed by atoms with Gasteiger partial charge in [0.05, 0.1) is 11.2 Å². The topological polar surface area (TPSA) is 43.4 Å². The van der Waals surface area contributed by atoms with Crippen molar-refractivity contribution in [1.82, 2.24) is 10.3 Å². The maximum atomic E-state index is 6.06. The van der Waals surface area contributed by atoms with E-state index in [9.17, 15) is 0 Å². The zero-order valence-electron chi connectivity index (χ0n) is 13.5. The number of nitrogens with zero attached hydrogens (tertiary/aromatic N) is 1. The summed E-state index contributed by atoms with van der Waals surface area (Å²) < 4.78 is 12.1. The number of hydrogen-bond donors (Lipinski definition) is 1. The molecule has 0 aliphatic carbocycles. The molecule has 3 heterocycles. The fourth-order valence-corrected chi connectivity index (χ4v) is 2.88. The van der Waals surface area contributed by atoms with Crippen molar-refractivity contribution in [2.45, 2.75) is 57.7 Å². The molecule has 1 aromatic rings. The maximum absolute atomic E-state index is 6.06. The molecule has 4 nitrogen and oxygen atoms in total. The van der Waals surface area contributed by atoms with E-state index in [2.05, 4.69) is 50.1 Å². The van der Waals surface area contributed by atoms with Crippen LogP contribution in [-0.4, -0.2) is 36.4 Å². The first-order valence-electron chi connectivity index (χ1n) is 7.91. The van der Waals surface area contributed by atoms with Gasteiger partial charge in [0.1, 0.15) is 0 Å². The zero-order valence-corrected chi connectivity index (χ0v) is 13.5. The van der Waals surface area contributed by atoms with Crippen LogP contribution in [-0.2, 0) is 9.31 Å². The predicted octanol–water partition coefficient (Wildman–Crippen LogP) is 1.85. The Balaban J connectivity index is 1.73. The molecule has 114 valence electrons. The number of nitrogens with one attached hydrogen (secondary N) is 1. The van der Waals surface area contributed by atoms with Crippen LogP contribution in [0.2, 0.25) is 0 Å². The van der Waals surface area contributed by atoms with Crippen molar-refractivity contribution in [2.75, 3.05) is 13.1 Å². The summed E-state index contributed by atoms with van der Waals surface area (Å²) in [5, 5.41) is 3.44. The molecule has 2 aliphatic rings. The third-order valence-electron chi connectivity index (χ3n) is 5.05. The van der Waals surface area contributed by atoms with Crippen LogP contribution in [0.5, 0.6) is 0 Å². The molecule has 0 bridgehead atoms. The first-order chi connectivity index (χ1) is 9.89. The largest absolute Gasteiger partial charge is 0.496 e. The van der Waals surface area contributed by atoms with E-state index in [1.807, 2.05) is 6.20 Å². The molecule has 2 aliphatic heterocycles. The van der Waals surface area contributed by atoms with Gasteiger partial charge in [-0.15, -0.1) is 0 Å². The van der Waals surface area contributed by atoms with Gasteiger partial charge in [-0.25, -0.2) is 0 Å². The Morgan fingerprint density at radius 3 is 2.43 bits per heavy atom. The van der Waals surface area contributed by atoms with Gasteiger partial charge in [0, 0.05) is 29.8 Å². The summed E-state index contributed by atoms with van der Waals surface area (Å²) in [6, 6.07) is 4.22. The molecule has 1 unspecified atom stereocenters. The number of hydrogen-bond acceptors (Lipinski definition) is 4. The van der Waals surface area contributed by atoms with E-state index in [-0.39, 0.29) is 18.3 Å². The molecular formula is C16H25BN2O2. The number of pyridine rings is 1. The van der Waals surface area contributed by atoms with Crippen molar-refractivity contribution in [2.24, 2.45) is 0 Å². The lowest BCUT2D eigenvalue weighted by atomic mass is 9.80. The van der Waals surface area contributed by atoms with E-state index in [1.165, 1.54) is 18.5 Å². The van der Waals surface area contributed by atoms with Gasteiger partial charge in [0.2, 0.25) is 0 Å². The smallest absolute Gasteiger partial charge is 0.399 e. The lowest BCUT2D eigenvalue weighted by Gasteiger charge is -2.32. The Morgan fingerprint density at radius 1 is 1.19 bits per heavy atom. The van der Waals surface area contributed by atoms with Crippen molar-refractivity contribution in [3.05, 3.63) is 24.0 Å². The Kier molecular flexibility index (Phi) is 3.84. The Hall–Kier alpha value is -0.905. The number of piperidine rings is 1. The van der Waals surface area contributed by atoms with Crippen molar-refractivity contribution in [3.63, 3.8) is 0 Å². The van der Waals surface area contributed by atoms with Crippen LogP contribution in [0.15, 0.2) is 18.3 Å². The molecule has 1 N–H and O–H groups in total. The molecule has 1 atom stereocenters. The predicted molar refractivity (Wildman–Crippen MR) is 84.8 cm³/mol. The molecule has 0 aromatic carbocycles. The molecule has 0 radical (unpaired) electrons. The van der Waals surface area contributed by atoms with E-state index >= 15 is 0 Å². The Labute approximate surface area is 127 Å². The van der Waals surface area contributed by atoms with E-state index in [1.54, 1.807) is 0 Å². The van der Waals surface area contributed by atoms with Crippen LogP contribution in [0.25, 0.3) is 0 Å². The summed E-state index contributed by atoms with van der Waals surface area (Å²) in [7, 11) is -0.318. The lowest BCUT2D eigenvalue weighted by molar-refractivity contribution is 0.00578. The minimum absolute atomic E-state index is 0.302. The summed E-state index contributed by atoms with van der Waals surface area (Å²) >= 11 is 0. The summed E-state index contributed by atoms with van der Waals surface area (Å²) in [5.74, 6) is 0.533. The second-order valence-corrected chi connectivity index (χ2v) is 7.15. The maximum Gasteiger partial charge on any atom is 0.496 e. The Morgan fingerprint density at radius 2 is 1.90 bits per heavy atom. The van der Waals surface area contributed by atoms with Gasteiger partial charge in [-0.2, -0.15) is 0 Å². The minimum Gasteiger partial charge on any atom is -0.399 e. The summed E-state index contributed by atoms with van der Waals surface area (Å²) in [5.41, 5.74) is 1.57. The van der Waals surface area contributed by atoms with Gasteiger partial charge in [-0.1, -0.05) is 6.07 Å². The number of aromatic nitrogens is 1. The molecule has 3 rings (SSSR count). The molecule has 0 amide bonds. The first kappa shape index (κ1) is 15.0. The highest BCUT2D eigenvalue weighted by atomic mass is 16.7. The highest BCUT2D eigenvalue weighted by Gasteiger charge is 2.51. The van der Waals surface area contributed by atoms with Crippen molar-refractivity contribution in [1.29, 1.82) is 0 Å². The van der Waals surface area contributed by atoms with E-state index in [0.717, 1.165) is 18.6 Å². The van der Waals surface area contributed by atoms with Gasteiger partial charge < -0.3 is 14.6 Å². The fraction of sp³-hybridized carbons (Fsp3) is 0.688. The normalized spacial score (nSPS) is 27.8. The average Bonchev–Trinajstić information content (AvgIpc) is 2.69. The highest BCUT2D eigenvalue weighted by molar-refractivity contribution is 6.62. The Bertz CT molecular complexity index is 480. The van der Waals surface area contributed by atoms with Crippen LogP contribution < -0.4 is 10.8 Å². The van der Waals surface area contributed by atoms with Gasteiger partial charge in [0.25, 0.3) is 0 Å². The number of rotatable bonds is 2. The molecule has 1 aromatic heterocycles. The lowest BCUT2D eigenvalue weighted by Crippen LogP contribution is -2.41. The first-order valence-corrected chi connectivity index (χ1v) is 7.91. The molecular weight excluding hydrogens is 263 g/mol. The van der Waals surface area contributed by atoms with E-state index in [4.69, 9.17) is 9.31 Å². The van der Waals surface area contributed by atoms with Crippen LogP contribution in [0.1, 0.15) is 52.1 Å². The third kappa shape index (κ3) is 2.87. The van der Waals surface area contributed by atoms with Gasteiger partial charge >= 0.3 is 7.12 Å². The van der Waals surface area contributed by atoms with Crippen LogP contribution >= 0.6 is 0 Å². The SMILES string of the molecule is CC1(C)OB(c2ccc(C3CCCNC3)nc2)OC1(C)C. The van der Waals surface area contributed by atoms with Crippen LogP contribution in [0.3, 0.4) is 0 Å². The van der Waals surface area contributed by atoms with Crippen molar-refractivity contribution >= 4 is 12.6 Å². The van der Waals surface area contributed by atoms with Gasteiger partial charge in [-0.3, -0.25) is 4.98 Å². The third-order valence-corrected chi connectivity index (χ3v) is 5.05. The summed E-state index contributed by atoms with van der Waals surface area (Å²) in [6.45, 7) is 10.4. The van der Waals surface area contributed by atoms with Gasteiger partial charge in [-0.05, 0) is 53.1 Å². The van der Waals surface area contributed by atoms with E-state index < -0.39 is 0 Å². The molecule has 2 fully saturated rings. The fourth-order valence-electron chi connectivity index (χ4n) is 2.88. The summed E-state index contributed by atoms with van der Waals surface area (Å²) in [6.07, 6.45) is 4.35.